The molecule has 1 unspecified atom stereocenters. The molecule has 2 aromatic rings. The fourth-order valence-electron chi connectivity index (χ4n) is 2.22. The van der Waals surface area contributed by atoms with E-state index in [4.69, 9.17) is 11.0 Å². The molecule has 0 aromatic heterocycles. The van der Waals surface area contributed by atoms with E-state index in [-0.39, 0.29) is 11.9 Å². The zero-order valence-corrected chi connectivity index (χ0v) is 12.2. The van der Waals surface area contributed by atoms with Gasteiger partial charge in [0.15, 0.2) is 0 Å². The number of nitriles is 1. The first kappa shape index (κ1) is 15.0. The van der Waals surface area contributed by atoms with E-state index < -0.39 is 0 Å². The van der Waals surface area contributed by atoms with Gasteiger partial charge in [0, 0.05) is 23.8 Å². The van der Waals surface area contributed by atoms with E-state index in [0.717, 1.165) is 11.3 Å². The van der Waals surface area contributed by atoms with Gasteiger partial charge in [0.25, 0.3) is 0 Å². The zero-order valence-electron chi connectivity index (χ0n) is 12.2. The molecule has 3 nitrogen and oxygen atoms in total. The minimum absolute atomic E-state index is 0.114. The molecule has 2 N–H and O–H groups in total. The van der Waals surface area contributed by atoms with Crippen LogP contribution >= 0.6 is 0 Å². The van der Waals surface area contributed by atoms with Crippen LogP contribution in [-0.4, -0.2) is 11.9 Å². The Balaban J connectivity index is 2.14. The van der Waals surface area contributed by atoms with Crippen molar-refractivity contribution in [1.29, 1.82) is 5.26 Å². The highest BCUT2D eigenvalue weighted by Gasteiger charge is 2.14. The first-order valence-corrected chi connectivity index (χ1v) is 6.75. The van der Waals surface area contributed by atoms with Gasteiger partial charge in [-0.2, -0.15) is 5.26 Å². The Kier molecular flexibility index (Phi) is 4.56. The predicted molar refractivity (Wildman–Crippen MR) is 81.9 cm³/mol. The van der Waals surface area contributed by atoms with E-state index in [2.05, 4.69) is 6.92 Å². The van der Waals surface area contributed by atoms with Gasteiger partial charge in [-0.15, -0.1) is 0 Å². The SMILES string of the molecule is CC(c1cccc(N)c1)N(C)Cc1ccc(C#N)cc1F. The summed E-state index contributed by atoms with van der Waals surface area (Å²) in [5, 5.41) is 8.76. The Hall–Kier alpha value is -2.38. The van der Waals surface area contributed by atoms with Crippen molar-refractivity contribution in [2.75, 3.05) is 12.8 Å². The minimum atomic E-state index is -0.347. The number of nitrogens with zero attached hydrogens (tertiary/aromatic N) is 2. The average molecular weight is 283 g/mol. The molecule has 0 aliphatic rings. The highest BCUT2D eigenvalue weighted by atomic mass is 19.1. The van der Waals surface area contributed by atoms with Crippen LogP contribution in [0.3, 0.4) is 0 Å². The number of benzene rings is 2. The van der Waals surface area contributed by atoms with Crippen LogP contribution in [0.1, 0.15) is 29.7 Å². The monoisotopic (exact) mass is 283 g/mol. The van der Waals surface area contributed by atoms with Crippen molar-refractivity contribution in [1.82, 2.24) is 4.90 Å². The van der Waals surface area contributed by atoms with E-state index in [1.807, 2.05) is 42.3 Å². The summed E-state index contributed by atoms with van der Waals surface area (Å²) < 4.78 is 13.9. The summed E-state index contributed by atoms with van der Waals surface area (Å²) in [4.78, 5) is 2.04. The molecular weight excluding hydrogens is 265 g/mol. The lowest BCUT2D eigenvalue weighted by molar-refractivity contribution is 0.249. The standard InChI is InChI=1S/C17H18FN3/c1-12(14-4-3-5-16(20)9-14)21(2)11-15-7-6-13(10-19)8-17(15)18/h3-9,12H,11,20H2,1-2H3. The third-order valence-corrected chi connectivity index (χ3v) is 3.66. The summed E-state index contributed by atoms with van der Waals surface area (Å²) in [5.74, 6) is -0.347. The Morgan fingerprint density at radius 1 is 1.29 bits per heavy atom. The molecule has 0 saturated carbocycles. The van der Waals surface area contributed by atoms with Gasteiger partial charge in [0.05, 0.1) is 11.6 Å². The van der Waals surface area contributed by atoms with Crippen molar-refractivity contribution in [3.8, 4) is 6.07 Å². The second-order valence-corrected chi connectivity index (χ2v) is 5.18. The van der Waals surface area contributed by atoms with Gasteiger partial charge in [-0.05, 0) is 43.8 Å². The molecule has 2 aromatic carbocycles. The predicted octanol–water partition coefficient (Wildman–Crippen LogP) is 3.47. The molecule has 0 fully saturated rings. The molecule has 0 saturated heterocycles. The quantitative estimate of drug-likeness (QED) is 0.874. The van der Waals surface area contributed by atoms with Gasteiger partial charge in [-0.1, -0.05) is 18.2 Å². The van der Waals surface area contributed by atoms with E-state index in [1.54, 1.807) is 12.1 Å². The van der Waals surface area contributed by atoms with E-state index in [9.17, 15) is 4.39 Å². The summed E-state index contributed by atoms with van der Waals surface area (Å²) in [6.07, 6.45) is 0. The number of nitrogen functional groups attached to an aromatic ring is 1. The van der Waals surface area contributed by atoms with Crippen LogP contribution in [0.2, 0.25) is 0 Å². The second kappa shape index (κ2) is 6.38. The first-order chi connectivity index (χ1) is 10.0. The molecule has 0 aliphatic heterocycles. The number of nitrogens with two attached hydrogens (primary N) is 1. The van der Waals surface area contributed by atoms with Crippen LogP contribution in [-0.2, 0) is 6.54 Å². The van der Waals surface area contributed by atoms with Gasteiger partial charge in [0.2, 0.25) is 0 Å². The van der Waals surface area contributed by atoms with Crippen molar-refractivity contribution < 1.29 is 4.39 Å². The first-order valence-electron chi connectivity index (χ1n) is 6.75. The zero-order chi connectivity index (χ0) is 15.4. The van der Waals surface area contributed by atoms with E-state index in [1.165, 1.54) is 6.07 Å². The molecule has 108 valence electrons. The summed E-state index contributed by atoms with van der Waals surface area (Å²) in [5.41, 5.74) is 8.52. The Bertz CT molecular complexity index is 676. The van der Waals surface area contributed by atoms with Crippen molar-refractivity contribution in [2.24, 2.45) is 0 Å². The van der Waals surface area contributed by atoms with Crippen LogP contribution in [0, 0.1) is 17.1 Å². The topological polar surface area (TPSA) is 53.0 Å². The largest absolute Gasteiger partial charge is 0.399 e. The van der Waals surface area contributed by atoms with Gasteiger partial charge < -0.3 is 5.73 Å². The van der Waals surface area contributed by atoms with Crippen LogP contribution in [0.25, 0.3) is 0 Å². The molecule has 1 atom stereocenters. The highest BCUT2D eigenvalue weighted by Crippen LogP contribution is 2.23. The Morgan fingerprint density at radius 3 is 2.67 bits per heavy atom. The number of hydrogen-bond donors (Lipinski definition) is 1. The maximum Gasteiger partial charge on any atom is 0.129 e. The van der Waals surface area contributed by atoms with Crippen LogP contribution in [0.15, 0.2) is 42.5 Å². The number of rotatable bonds is 4. The normalized spacial score (nSPS) is 12.1. The maximum absolute atomic E-state index is 13.9. The third kappa shape index (κ3) is 3.59. The van der Waals surface area contributed by atoms with E-state index >= 15 is 0 Å². The summed E-state index contributed by atoms with van der Waals surface area (Å²) >= 11 is 0. The molecule has 2 rings (SSSR count). The lowest BCUT2D eigenvalue weighted by Crippen LogP contribution is -2.22. The van der Waals surface area contributed by atoms with E-state index in [0.29, 0.717) is 17.7 Å². The average Bonchev–Trinajstić information content (AvgIpc) is 2.48. The maximum atomic E-state index is 13.9. The number of anilines is 1. The highest BCUT2D eigenvalue weighted by molar-refractivity contribution is 5.41. The van der Waals surface area contributed by atoms with Crippen LogP contribution < -0.4 is 5.73 Å². The molecule has 4 heteroatoms. The van der Waals surface area contributed by atoms with Crippen molar-refractivity contribution in [2.45, 2.75) is 19.5 Å². The van der Waals surface area contributed by atoms with Gasteiger partial charge in [0.1, 0.15) is 5.82 Å². The van der Waals surface area contributed by atoms with Gasteiger partial charge in [-0.25, -0.2) is 4.39 Å². The van der Waals surface area contributed by atoms with Crippen LogP contribution in [0.4, 0.5) is 10.1 Å². The third-order valence-electron chi connectivity index (χ3n) is 3.66. The molecular formula is C17H18FN3. The van der Waals surface area contributed by atoms with Gasteiger partial charge in [-0.3, -0.25) is 4.90 Å². The molecule has 0 aliphatic carbocycles. The molecule has 0 heterocycles. The summed E-state index contributed by atoms with van der Waals surface area (Å²) in [6, 6.07) is 14.3. The lowest BCUT2D eigenvalue weighted by atomic mass is 10.1. The van der Waals surface area contributed by atoms with Gasteiger partial charge >= 0.3 is 0 Å². The molecule has 21 heavy (non-hydrogen) atoms. The fourth-order valence-corrected chi connectivity index (χ4v) is 2.22. The van der Waals surface area contributed by atoms with Crippen molar-refractivity contribution in [3.63, 3.8) is 0 Å². The van der Waals surface area contributed by atoms with Crippen LogP contribution in [0.5, 0.6) is 0 Å². The number of hydrogen-bond acceptors (Lipinski definition) is 3. The summed E-state index contributed by atoms with van der Waals surface area (Å²) in [7, 11) is 1.94. The molecule has 0 radical (unpaired) electrons. The Labute approximate surface area is 124 Å². The lowest BCUT2D eigenvalue weighted by Gasteiger charge is -2.25. The van der Waals surface area contributed by atoms with Crippen molar-refractivity contribution >= 4 is 5.69 Å². The smallest absolute Gasteiger partial charge is 0.129 e. The minimum Gasteiger partial charge on any atom is -0.399 e. The molecule has 0 bridgehead atoms. The fraction of sp³-hybridized carbons (Fsp3) is 0.235. The summed E-state index contributed by atoms with van der Waals surface area (Å²) in [6.45, 7) is 2.52. The second-order valence-electron chi connectivity index (χ2n) is 5.18. The molecule has 0 amide bonds. The molecule has 0 spiro atoms. The van der Waals surface area contributed by atoms with Crippen molar-refractivity contribution in [3.05, 3.63) is 65.0 Å². The number of halogens is 1. The Morgan fingerprint density at radius 2 is 2.05 bits per heavy atom.